The van der Waals surface area contributed by atoms with Gasteiger partial charge in [-0.2, -0.15) is 10.1 Å². The molecule has 0 aromatic carbocycles. The normalized spacial score (nSPS) is 25.3. The quantitative estimate of drug-likeness (QED) is 0.722. The summed E-state index contributed by atoms with van der Waals surface area (Å²) < 4.78 is 10.5. The van der Waals surface area contributed by atoms with E-state index >= 15 is 0 Å². The molecule has 2 fully saturated rings. The van der Waals surface area contributed by atoms with Crippen LogP contribution in [0.4, 0.5) is 0 Å². The summed E-state index contributed by atoms with van der Waals surface area (Å²) in [6.07, 6.45) is 4.58. The molecule has 2 aliphatic heterocycles. The van der Waals surface area contributed by atoms with Crippen molar-refractivity contribution in [1.82, 2.24) is 10.1 Å². The van der Waals surface area contributed by atoms with Crippen molar-refractivity contribution in [3.8, 4) is 0 Å². The van der Waals surface area contributed by atoms with Gasteiger partial charge < -0.3 is 4.89 Å². The third-order valence-corrected chi connectivity index (χ3v) is 3.24. The minimum atomic E-state index is -1.75. The van der Waals surface area contributed by atoms with Crippen LogP contribution in [0, 0.1) is 0 Å². The lowest BCUT2D eigenvalue weighted by atomic mass is 10.4. The topological polar surface area (TPSA) is 45.2 Å². The Morgan fingerprint density at radius 2 is 1.14 bits per heavy atom. The minimum absolute atomic E-state index is 0.906. The van der Waals surface area contributed by atoms with Crippen LogP contribution in [0.15, 0.2) is 0 Å². The van der Waals surface area contributed by atoms with Crippen molar-refractivity contribution in [2.75, 3.05) is 26.2 Å². The number of hydrogen-bond acceptors (Lipinski definition) is 5. The van der Waals surface area contributed by atoms with Gasteiger partial charge in [-0.15, -0.1) is 0 Å². The molecular formula is C8H17N2O3P. The van der Waals surface area contributed by atoms with Crippen LogP contribution in [0.3, 0.4) is 0 Å². The van der Waals surface area contributed by atoms with E-state index in [1.807, 2.05) is 0 Å². The van der Waals surface area contributed by atoms with Crippen molar-refractivity contribution in [3.63, 3.8) is 0 Å². The summed E-state index contributed by atoms with van der Waals surface area (Å²) in [5.74, 6) is 0. The van der Waals surface area contributed by atoms with Crippen molar-refractivity contribution >= 4 is 8.60 Å². The van der Waals surface area contributed by atoms with E-state index in [1.165, 1.54) is 0 Å². The molecule has 2 aliphatic rings. The maximum atomic E-state index is 9.51. The molecule has 0 aliphatic carbocycles. The summed E-state index contributed by atoms with van der Waals surface area (Å²) in [6, 6.07) is 0. The van der Waals surface area contributed by atoms with Gasteiger partial charge in [0.2, 0.25) is 0 Å². The highest BCUT2D eigenvalue weighted by Gasteiger charge is 2.22. The van der Waals surface area contributed by atoms with Crippen LogP contribution in [-0.2, 0) is 9.25 Å². The van der Waals surface area contributed by atoms with Crippen molar-refractivity contribution in [2.45, 2.75) is 25.7 Å². The monoisotopic (exact) mass is 220 g/mol. The average molecular weight is 220 g/mol. The highest BCUT2D eigenvalue weighted by atomic mass is 31.2. The molecule has 0 unspecified atom stereocenters. The van der Waals surface area contributed by atoms with Gasteiger partial charge in [-0.25, -0.2) is 9.25 Å². The summed E-state index contributed by atoms with van der Waals surface area (Å²) in [6.45, 7) is 3.62. The molecule has 5 nitrogen and oxygen atoms in total. The van der Waals surface area contributed by atoms with Crippen LogP contribution in [0.2, 0.25) is 0 Å². The number of nitrogens with zero attached hydrogens (tertiary/aromatic N) is 2. The Bertz CT molecular complexity index is 154. The van der Waals surface area contributed by atoms with Crippen molar-refractivity contribution in [3.05, 3.63) is 0 Å². The molecule has 0 radical (unpaired) electrons. The SMILES string of the molecule is OP(ON1CCCC1)ON1CCCC1. The molecule has 0 amide bonds. The zero-order valence-corrected chi connectivity index (χ0v) is 9.16. The second-order valence-electron chi connectivity index (χ2n) is 3.67. The predicted molar refractivity (Wildman–Crippen MR) is 52.9 cm³/mol. The number of rotatable bonds is 4. The van der Waals surface area contributed by atoms with E-state index < -0.39 is 8.60 Å². The molecule has 0 spiro atoms. The van der Waals surface area contributed by atoms with Crippen molar-refractivity contribution in [1.29, 1.82) is 0 Å². The first kappa shape index (κ1) is 10.7. The summed E-state index contributed by atoms with van der Waals surface area (Å²) in [4.78, 5) is 9.51. The molecule has 1 N–H and O–H groups in total. The van der Waals surface area contributed by atoms with E-state index in [0.29, 0.717) is 0 Å². The molecule has 2 saturated heterocycles. The fourth-order valence-corrected chi connectivity index (χ4v) is 2.50. The first-order chi connectivity index (χ1) is 6.84. The lowest BCUT2D eigenvalue weighted by Crippen LogP contribution is -2.22. The molecule has 6 heteroatoms. The molecule has 2 heterocycles. The van der Waals surface area contributed by atoms with Crippen molar-refractivity contribution < 1.29 is 14.1 Å². The van der Waals surface area contributed by atoms with Gasteiger partial charge in [0.1, 0.15) is 0 Å². The van der Waals surface area contributed by atoms with Gasteiger partial charge in [0, 0.05) is 26.2 Å². The van der Waals surface area contributed by atoms with Gasteiger partial charge in [-0.05, 0) is 25.7 Å². The van der Waals surface area contributed by atoms with Gasteiger partial charge in [0.25, 0.3) is 0 Å². The van der Waals surface area contributed by atoms with E-state index in [0.717, 1.165) is 51.9 Å². The summed E-state index contributed by atoms with van der Waals surface area (Å²) >= 11 is 0. The zero-order valence-electron chi connectivity index (χ0n) is 8.26. The van der Waals surface area contributed by atoms with E-state index in [1.54, 1.807) is 10.1 Å². The summed E-state index contributed by atoms with van der Waals surface area (Å²) in [5.41, 5.74) is 0. The second kappa shape index (κ2) is 5.35. The smallest absolute Gasteiger partial charge is 0.326 e. The third-order valence-electron chi connectivity index (χ3n) is 2.50. The summed E-state index contributed by atoms with van der Waals surface area (Å²) in [5, 5.41) is 3.59. The van der Waals surface area contributed by atoms with Crippen molar-refractivity contribution in [2.24, 2.45) is 0 Å². The Hall–Kier alpha value is 0.230. The number of hydroxylamine groups is 4. The second-order valence-corrected chi connectivity index (χ2v) is 4.48. The fourth-order valence-electron chi connectivity index (χ4n) is 1.75. The average Bonchev–Trinajstić information content (AvgIpc) is 2.76. The highest BCUT2D eigenvalue weighted by molar-refractivity contribution is 7.40. The zero-order chi connectivity index (χ0) is 9.80. The Labute approximate surface area is 85.5 Å². The molecule has 2 rings (SSSR count). The predicted octanol–water partition coefficient (Wildman–Crippen LogP) is 1.26. The molecule has 0 aromatic heterocycles. The van der Waals surface area contributed by atoms with Crippen LogP contribution in [-0.4, -0.2) is 41.2 Å². The summed E-state index contributed by atoms with van der Waals surface area (Å²) in [7, 11) is -1.75. The van der Waals surface area contributed by atoms with Crippen LogP contribution in [0.25, 0.3) is 0 Å². The van der Waals surface area contributed by atoms with E-state index in [9.17, 15) is 4.89 Å². The standard InChI is InChI=1S/C8H17N2O3P/c11-14(12-9-5-1-2-6-9)13-10-7-3-4-8-10/h11H,1-8H2. The van der Waals surface area contributed by atoms with Gasteiger partial charge in [-0.1, -0.05) is 0 Å². The van der Waals surface area contributed by atoms with Gasteiger partial charge in [0.05, 0.1) is 0 Å². The minimum Gasteiger partial charge on any atom is -0.326 e. The van der Waals surface area contributed by atoms with Gasteiger partial charge in [0.15, 0.2) is 0 Å². The molecule has 14 heavy (non-hydrogen) atoms. The molecule has 0 aromatic rings. The molecule has 0 saturated carbocycles. The molecule has 0 bridgehead atoms. The lowest BCUT2D eigenvalue weighted by molar-refractivity contribution is -0.105. The van der Waals surface area contributed by atoms with Crippen LogP contribution < -0.4 is 0 Å². The van der Waals surface area contributed by atoms with E-state index in [4.69, 9.17) is 9.25 Å². The number of hydrogen-bond donors (Lipinski definition) is 1. The van der Waals surface area contributed by atoms with Gasteiger partial charge in [-0.3, -0.25) is 0 Å². The fraction of sp³-hybridized carbons (Fsp3) is 1.00. The lowest BCUT2D eigenvalue weighted by Gasteiger charge is -2.21. The first-order valence-electron chi connectivity index (χ1n) is 5.20. The van der Waals surface area contributed by atoms with E-state index in [2.05, 4.69) is 0 Å². The molecule has 0 atom stereocenters. The largest absolute Gasteiger partial charge is 0.366 e. The van der Waals surface area contributed by atoms with Crippen LogP contribution >= 0.6 is 8.60 Å². The Morgan fingerprint density at radius 3 is 1.50 bits per heavy atom. The Kier molecular flexibility index (Phi) is 4.10. The Balaban J connectivity index is 1.64. The van der Waals surface area contributed by atoms with E-state index in [-0.39, 0.29) is 0 Å². The highest BCUT2D eigenvalue weighted by Crippen LogP contribution is 2.37. The first-order valence-corrected chi connectivity index (χ1v) is 6.33. The maximum Gasteiger partial charge on any atom is 0.366 e. The van der Waals surface area contributed by atoms with Gasteiger partial charge >= 0.3 is 8.60 Å². The molecule has 82 valence electrons. The third kappa shape index (κ3) is 3.12. The van der Waals surface area contributed by atoms with Crippen LogP contribution in [0.1, 0.15) is 25.7 Å². The Morgan fingerprint density at radius 1 is 0.786 bits per heavy atom. The van der Waals surface area contributed by atoms with Crippen LogP contribution in [0.5, 0.6) is 0 Å². The molecular weight excluding hydrogens is 203 g/mol. The maximum absolute atomic E-state index is 9.51.